The van der Waals surface area contributed by atoms with Gasteiger partial charge in [0.2, 0.25) is 0 Å². The van der Waals surface area contributed by atoms with Crippen molar-refractivity contribution in [2.75, 3.05) is 5.32 Å². The molecule has 1 aromatic heterocycles. The number of nitriles is 1. The summed E-state index contributed by atoms with van der Waals surface area (Å²) in [6, 6.07) is 16.7. The van der Waals surface area contributed by atoms with Crippen LogP contribution in [-0.4, -0.2) is 21.6 Å². The molecule has 6 heteroatoms. The van der Waals surface area contributed by atoms with E-state index in [9.17, 15) is 14.9 Å². The minimum absolute atomic E-state index is 0.0554. The van der Waals surface area contributed by atoms with Crippen LogP contribution < -0.4 is 5.32 Å². The fourth-order valence-electron chi connectivity index (χ4n) is 3.04. The number of rotatable bonds is 6. The topological polar surface area (TPSA) is 95.1 Å². The molecule has 0 atom stereocenters. The Morgan fingerprint density at radius 2 is 2.00 bits per heavy atom. The predicted octanol–water partition coefficient (Wildman–Crippen LogP) is 3.83. The Hall–Kier alpha value is -3.85. The number of benzene rings is 2. The Morgan fingerprint density at radius 1 is 1.21 bits per heavy atom. The van der Waals surface area contributed by atoms with Gasteiger partial charge in [0, 0.05) is 28.4 Å². The van der Waals surface area contributed by atoms with Crippen LogP contribution in [0.5, 0.6) is 0 Å². The van der Waals surface area contributed by atoms with E-state index >= 15 is 0 Å². The van der Waals surface area contributed by atoms with Crippen molar-refractivity contribution < 1.29 is 14.7 Å². The SMILES string of the molecule is CCc1cccc(NC(=O)C(C#N)=Cc2cn(CC(=O)O)c3ccccc23)c1. The number of carboxylic acid groups (broad SMARTS) is 1. The van der Waals surface area contributed by atoms with Crippen LogP contribution in [0.4, 0.5) is 5.69 Å². The molecule has 0 unspecified atom stereocenters. The van der Waals surface area contributed by atoms with Crippen molar-refractivity contribution in [2.24, 2.45) is 0 Å². The monoisotopic (exact) mass is 373 g/mol. The molecule has 0 saturated heterocycles. The van der Waals surface area contributed by atoms with E-state index in [2.05, 4.69) is 5.32 Å². The number of aryl methyl sites for hydroxylation is 1. The molecule has 0 aliphatic rings. The van der Waals surface area contributed by atoms with Crippen molar-refractivity contribution in [1.29, 1.82) is 5.26 Å². The molecule has 0 spiro atoms. The molecule has 0 fully saturated rings. The number of aromatic nitrogens is 1. The van der Waals surface area contributed by atoms with Gasteiger partial charge in [-0.15, -0.1) is 0 Å². The Kier molecular flexibility index (Phi) is 5.56. The first-order valence-corrected chi connectivity index (χ1v) is 8.83. The standard InChI is InChI=1S/C22H19N3O3/c1-2-15-6-5-7-18(10-15)24-22(28)16(12-23)11-17-13-25(14-21(26)27)20-9-4-3-8-19(17)20/h3-11,13H,2,14H2,1H3,(H,24,28)(H,26,27). The zero-order valence-corrected chi connectivity index (χ0v) is 15.3. The van der Waals surface area contributed by atoms with Gasteiger partial charge in [-0.05, 0) is 36.3 Å². The number of amides is 1. The number of anilines is 1. The van der Waals surface area contributed by atoms with E-state index < -0.39 is 11.9 Å². The number of para-hydroxylation sites is 1. The summed E-state index contributed by atoms with van der Waals surface area (Å²) in [7, 11) is 0. The number of carbonyl (C=O) groups excluding carboxylic acids is 1. The molecule has 140 valence electrons. The van der Waals surface area contributed by atoms with Crippen LogP contribution in [0.25, 0.3) is 17.0 Å². The third-order valence-electron chi connectivity index (χ3n) is 4.38. The van der Waals surface area contributed by atoms with Crippen LogP contribution >= 0.6 is 0 Å². The van der Waals surface area contributed by atoms with E-state index in [0.29, 0.717) is 11.3 Å². The maximum absolute atomic E-state index is 12.6. The summed E-state index contributed by atoms with van der Waals surface area (Å²) in [6.07, 6.45) is 3.97. The predicted molar refractivity (Wildman–Crippen MR) is 108 cm³/mol. The molecule has 28 heavy (non-hydrogen) atoms. The largest absolute Gasteiger partial charge is 0.480 e. The second-order valence-corrected chi connectivity index (χ2v) is 6.30. The molecule has 0 radical (unpaired) electrons. The summed E-state index contributed by atoms with van der Waals surface area (Å²) >= 11 is 0. The maximum atomic E-state index is 12.6. The lowest BCUT2D eigenvalue weighted by atomic mass is 10.1. The van der Waals surface area contributed by atoms with E-state index in [1.807, 2.05) is 49.4 Å². The second-order valence-electron chi connectivity index (χ2n) is 6.30. The number of fused-ring (bicyclic) bond motifs is 1. The lowest BCUT2D eigenvalue weighted by Crippen LogP contribution is -2.13. The van der Waals surface area contributed by atoms with Crippen LogP contribution in [0.15, 0.2) is 60.3 Å². The highest BCUT2D eigenvalue weighted by molar-refractivity contribution is 6.10. The summed E-state index contributed by atoms with van der Waals surface area (Å²) in [4.78, 5) is 23.7. The minimum atomic E-state index is -0.967. The van der Waals surface area contributed by atoms with Crippen LogP contribution in [0.2, 0.25) is 0 Å². The number of carboxylic acids is 1. The fraction of sp³-hybridized carbons (Fsp3) is 0.136. The fourth-order valence-corrected chi connectivity index (χ4v) is 3.04. The summed E-state index contributed by atoms with van der Waals surface area (Å²) in [5.41, 5.74) is 2.99. The molecule has 3 aromatic rings. The van der Waals surface area contributed by atoms with Crippen molar-refractivity contribution in [3.8, 4) is 6.07 Å². The van der Waals surface area contributed by atoms with Crippen molar-refractivity contribution >= 4 is 34.5 Å². The van der Waals surface area contributed by atoms with E-state index in [-0.39, 0.29) is 12.1 Å². The molecule has 1 heterocycles. The van der Waals surface area contributed by atoms with Gasteiger partial charge in [-0.2, -0.15) is 5.26 Å². The van der Waals surface area contributed by atoms with E-state index in [0.717, 1.165) is 22.9 Å². The van der Waals surface area contributed by atoms with Crippen LogP contribution in [0.3, 0.4) is 0 Å². The summed E-state index contributed by atoms with van der Waals surface area (Å²) < 4.78 is 1.58. The van der Waals surface area contributed by atoms with Gasteiger partial charge in [-0.25, -0.2) is 0 Å². The highest BCUT2D eigenvalue weighted by atomic mass is 16.4. The van der Waals surface area contributed by atoms with Crippen molar-refractivity contribution in [3.05, 3.63) is 71.4 Å². The molecule has 6 nitrogen and oxygen atoms in total. The Morgan fingerprint density at radius 3 is 2.71 bits per heavy atom. The zero-order chi connectivity index (χ0) is 20.1. The van der Waals surface area contributed by atoms with Crippen LogP contribution in [0, 0.1) is 11.3 Å². The highest BCUT2D eigenvalue weighted by Gasteiger charge is 2.14. The molecule has 3 rings (SSSR count). The Balaban J connectivity index is 1.95. The Labute approximate surface area is 162 Å². The molecule has 0 aliphatic carbocycles. The lowest BCUT2D eigenvalue weighted by Gasteiger charge is -2.06. The molecular formula is C22H19N3O3. The molecule has 1 amide bonds. The quantitative estimate of drug-likeness (QED) is 0.507. The van der Waals surface area contributed by atoms with Gasteiger partial charge >= 0.3 is 5.97 Å². The number of aliphatic carboxylic acids is 1. The zero-order valence-electron chi connectivity index (χ0n) is 15.3. The third kappa shape index (κ3) is 4.10. The summed E-state index contributed by atoms with van der Waals surface area (Å²) in [6.45, 7) is 1.82. The van der Waals surface area contributed by atoms with Gasteiger partial charge in [0.15, 0.2) is 0 Å². The number of hydrogen-bond donors (Lipinski definition) is 2. The highest BCUT2D eigenvalue weighted by Crippen LogP contribution is 2.24. The first-order chi connectivity index (χ1) is 13.5. The number of carbonyl (C=O) groups is 2. The smallest absolute Gasteiger partial charge is 0.323 e. The van der Waals surface area contributed by atoms with Gasteiger partial charge < -0.3 is 15.0 Å². The Bertz CT molecular complexity index is 1120. The second kappa shape index (κ2) is 8.23. The van der Waals surface area contributed by atoms with Gasteiger partial charge in [-0.1, -0.05) is 37.3 Å². The molecular weight excluding hydrogens is 354 g/mol. The molecule has 0 aliphatic heterocycles. The van der Waals surface area contributed by atoms with Crippen LogP contribution in [0.1, 0.15) is 18.1 Å². The van der Waals surface area contributed by atoms with E-state index in [1.54, 1.807) is 22.9 Å². The van der Waals surface area contributed by atoms with Gasteiger partial charge in [0.25, 0.3) is 5.91 Å². The van der Waals surface area contributed by atoms with Gasteiger partial charge in [-0.3, -0.25) is 9.59 Å². The number of nitrogens with one attached hydrogen (secondary N) is 1. The lowest BCUT2D eigenvalue weighted by molar-refractivity contribution is -0.137. The first-order valence-electron chi connectivity index (χ1n) is 8.83. The van der Waals surface area contributed by atoms with Gasteiger partial charge in [0.05, 0.1) is 0 Å². The normalized spacial score (nSPS) is 11.2. The van der Waals surface area contributed by atoms with Crippen LogP contribution in [-0.2, 0) is 22.6 Å². The molecule has 0 bridgehead atoms. The maximum Gasteiger partial charge on any atom is 0.323 e. The number of hydrogen-bond acceptors (Lipinski definition) is 3. The molecule has 2 aromatic carbocycles. The minimum Gasteiger partial charge on any atom is -0.480 e. The van der Waals surface area contributed by atoms with Crippen molar-refractivity contribution in [3.63, 3.8) is 0 Å². The average Bonchev–Trinajstić information content (AvgIpc) is 3.03. The average molecular weight is 373 g/mol. The number of nitrogens with zero attached hydrogens (tertiary/aromatic N) is 2. The summed E-state index contributed by atoms with van der Waals surface area (Å²) in [5, 5.41) is 22.1. The van der Waals surface area contributed by atoms with E-state index in [1.165, 1.54) is 6.08 Å². The van der Waals surface area contributed by atoms with E-state index in [4.69, 9.17) is 5.11 Å². The third-order valence-corrected chi connectivity index (χ3v) is 4.38. The van der Waals surface area contributed by atoms with Crippen molar-refractivity contribution in [1.82, 2.24) is 4.57 Å². The van der Waals surface area contributed by atoms with Gasteiger partial charge in [0.1, 0.15) is 18.2 Å². The first kappa shape index (κ1) is 18.9. The summed E-state index contributed by atoms with van der Waals surface area (Å²) in [5.74, 6) is -1.48. The molecule has 0 saturated carbocycles. The van der Waals surface area contributed by atoms with Crippen molar-refractivity contribution in [2.45, 2.75) is 19.9 Å². The molecule has 2 N–H and O–H groups in total.